The number of hydrogen-bond acceptors (Lipinski definition) is 4. The minimum atomic E-state index is -0.298. The molecule has 2 amide bonds. The molecule has 0 aliphatic carbocycles. The van der Waals surface area contributed by atoms with Gasteiger partial charge in [-0.3, -0.25) is 0 Å². The highest BCUT2D eigenvalue weighted by molar-refractivity contribution is 5.93. The Morgan fingerprint density at radius 3 is 2.54 bits per heavy atom. The fraction of sp³-hybridized carbons (Fsp3) is 0.667. The van der Waals surface area contributed by atoms with E-state index in [1.807, 2.05) is 4.90 Å². The number of rotatable bonds is 3. The zero-order valence-electron chi connectivity index (χ0n) is 16.4. The molecule has 4 rings (SSSR count). The lowest BCUT2D eigenvalue weighted by Gasteiger charge is -2.37. The number of amides is 2. The highest BCUT2D eigenvalue weighted by atomic mass is 19.1. The molecule has 1 atom stereocenters. The number of hydrogen-bond donors (Lipinski definition) is 1. The van der Waals surface area contributed by atoms with Crippen molar-refractivity contribution in [2.45, 2.75) is 38.2 Å². The highest BCUT2D eigenvalue weighted by Crippen LogP contribution is 2.30. The minimum Gasteiger partial charge on any atom is -0.378 e. The lowest BCUT2D eigenvalue weighted by molar-refractivity contribution is -0.0345. The summed E-state index contributed by atoms with van der Waals surface area (Å²) in [6, 6.07) is 4.43. The summed E-state index contributed by atoms with van der Waals surface area (Å²) in [4.78, 5) is 16.7. The van der Waals surface area contributed by atoms with Gasteiger partial charge >= 0.3 is 6.03 Å². The third kappa shape index (κ3) is 4.58. The van der Waals surface area contributed by atoms with E-state index in [0.29, 0.717) is 44.0 Å². The topological polar surface area (TPSA) is 54.0 Å². The normalized spacial score (nSPS) is 24.2. The number of nitrogens with one attached hydrogen (secondary N) is 1. The second-order valence-electron chi connectivity index (χ2n) is 7.92. The van der Waals surface area contributed by atoms with E-state index in [0.717, 1.165) is 44.6 Å². The Labute approximate surface area is 166 Å². The van der Waals surface area contributed by atoms with Crippen molar-refractivity contribution in [3.05, 3.63) is 24.0 Å². The third-order valence-corrected chi connectivity index (χ3v) is 6.12. The Morgan fingerprint density at radius 2 is 1.82 bits per heavy atom. The van der Waals surface area contributed by atoms with E-state index in [-0.39, 0.29) is 11.8 Å². The molecular weight excluding hydrogens is 361 g/mol. The van der Waals surface area contributed by atoms with Gasteiger partial charge in [-0.15, -0.1) is 0 Å². The summed E-state index contributed by atoms with van der Waals surface area (Å²) in [6.45, 7) is 4.97. The molecule has 0 aromatic heterocycles. The largest absolute Gasteiger partial charge is 0.378 e. The van der Waals surface area contributed by atoms with Crippen molar-refractivity contribution in [3.8, 4) is 0 Å². The van der Waals surface area contributed by atoms with E-state index in [2.05, 4.69) is 10.2 Å². The number of morpholine rings is 1. The Morgan fingerprint density at radius 1 is 1.04 bits per heavy atom. The van der Waals surface area contributed by atoms with E-state index < -0.39 is 0 Å². The molecular formula is C21H30FN3O3. The van der Waals surface area contributed by atoms with E-state index in [4.69, 9.17) is 9.47 Å². The van der Waals surface area contributed by atoms with Gasteiger partial charge in [0.15, 0.2) is 0 Å². The van der Waals surface area contributed by atoms with E-state index in [1.165, 1.54) is 25.0 Å². The van der Waals surface area contributed by atoms with Crippen molar-refractivity contribution < 1.29 is 18.7 Å². The molecule has 1 aromatic carbocycles. The molecule has 3 saturated heterocycles. The van der Waals surface area contributed by atoms with E-state index in [9.17, 15) is 9.18 Å². The number of ether oxygens (including phenoxy) is 2. The SMILES string of the molecule is O=C(Nc1ccc(F)cc1N1CCOCC1)N1CCC(C2CCCCO2)CC1. The first-order chi connectivity index (χ1) is 13.7. The van der Waals surface area contributed by atoms with Gasteiger partial charge in [0.1, 0.15) is 5.82 Å². The summed E-state index contributed by atoms with van der Waals surface area (Å²) >= 11 is 0. The number of piperidine rings is 1. The Bertz CT molecular complexity index is 667. The van der Waals surface area contributed by atoms with Crippen LogP contribution in [0.25, 0.3) is 0 Å². The molecule has 0 bridgehead atoms. The van der Waals surface area contributed by atoms with Crippen LogP contribution in [-0.2, 0) is 9.47 Å². The molecule has 3 aliphatic heterocycles. The van der Waals surface area contributed by atoms with Crippen LogP contribution < -0.4 is 10.2 Å². The fourth-order valence-electron chi connectivity index (χ4n) is 4.48. The first-order valence-electron chi connectivity index (χ1n) is 10.5. The standard InChI is InChI=1S/C21H30FN3O3/c22-17-4-5-18(19(15-17)24-10-13-27-14-11-24)23-21(26)25-8-6-16(7-9-25)20-3-1-2-12-28-20/h4-5,15-16,20H,1-3,6-14H2,(H,23,26). The van der Waals surface area contributed by atoms with Gasteiger partial charge in [-0.1, -0.05) is 0 Å². The van der Waals surface area contributed by atoms with Crippen LogP contribution in [0.2, 0.25) is 0 Å². The Kier molecular flexibility index (Phi) is 6.32. The molecule has 0 spiro atoms. The van der Waals surface area contributed by atoms with E-state index in [1.54, 1.807) is 6.07 Å². The minimum absolute atomic E-state index is 0.107. The number of anilines is 2. The molecule has 1 aromatic rings. The molecule has 28 heavy (non-hydrogen) atoms. The quantitative estimate of drug-likeness (QED) is 0.857. The molecule has 0 radical (unpaired) electrons. The summed E-state index contributed by atoms with van der Waals surface area (Å²) in [5, 5.41) is 3.01. The van der Waals surface area contributed by atoms with Gasteiger partial charge in [-0.05, 0) is 56.2 Å². The third-order valence-electron chi connectivity index (χ3n) is 6.12. The van der Waals surface area contributed by atoms with Crippen LogP contribution in [0.15, 0.2) is 18.2 Å². The zero-order valence-corrected chi connectivity index (χ0v) is 16.4. The maximum absolute atomic E-state index is 13.8. The van der Waals surface area contributed by atoms with Crippen LogP contribution >= 0.6 is 0 Å². The predicted molar refractivity (Wildman–Crippen MR) is 106 cm³/mol. The number of likely N-dealkylation sites (tertiary alicyclic amines) is 1. The number of carbonyl (C=O) groups excluding carboxylic acids is 1. The molecule has 1 unspecified atom stereocenters. The van der Waals surface area contributed by atoms with Gasteiger partial charge in [0, 0.05) is 32.8 Å². The molecule has 1 N–H and O–H groups in total. The van der Waals surface area contributed by atoms with Crippen molar-refractivity contribution in [2.24, 2.45) is 5.92 Å². The molecule has 3 aliphatic rings. The molecule has 3 heterocycles. The highest BCUT2D eigenvalue weighted by Gasteiger charge is 2.30. The van der Waals surface area contributed by atoms with E-state index >= 15 is 0 Å². The van der Waals surface area contributed by atoms with Crippen molar-refractivity contribution in [1.29, 1.82) is 0 Å². The van der Waals surface area contributed by atoms with Crippen LogP contribution in [0.4, 0.5) is 20.6 Å². The van der Waals surface area contributed by atoms with Crippen molar-refractivity contribution >= 4 is 17.4 Å². The lowest BCUT2D eigenvalue weighted by atomic mass is 9.87. The molecule has 0 saturated carbocycles. The molecule has 154 valence electrons. The van der Waals surface area contributed by atoms with Crippen LogP contribution in [0, 0.1) is 11.7 Å². The Hall–Kier alpha value is -1.86. The summed E-state index contributed by atoms with van der Waals surface area (Å²) in [5.41, 5.74) is 1.38. The van der Waals surface area contributed by atoms with Gasteiger partial charge in [-0.2, -0.15) is 0 Å². The monoisotopic (exact) mass is 391 g/mol. The summed E-state index contributed by atoms with van der Waals surface area (Å²) in [5.74, 6) is 0.256. The Balaban J connectivity index is 1.36. The maximum Gasteiger partial charge on any atom is 0.321 e. The maximum atomic E-state index is 13.8. The van der Waals surface area contributed by atoms with Crippen molar-refractivity contribution in [1.82, 2.24) is 4.90 Å². The first-order valence-corrected chi connectivity index (χ1v) is 10.5. The van der Waals surface area contributed by atoms with Crippen LogP contribution in [0.1, 0.15) is 32.1 Å². The van der Waals surface area contributed by atoms with Gasteiger partial charge in [0.05, 0.1) is 30.7 Å². The molecule has 3 fully saturated rings. The number of carbonyl (C=O) groups is 1. The molecule has 6 nitrogen and oxygen atoms in total. The predicted octanol–water partition coefficient (Wildman–Crippen LogP) is 3.48. The summed E-state index contributed by atoms with van der Waals surface area (Å²) in [7, 11) is 0. The average Bonchev–Trinajstić information content (AvgIpc) is 2.76. The first kappa shape index (κ1) is 19.5. The van der Waals surface area contributed by atoms with Crippen LogP contribution in [0.3, 0.4) is 0 Å². The fourth-order valence-corrected chi connectivity index (χ4v) is 4.48. The second kappa shape index (κ2) is 9.09. The average molecular weight is 391 g/mol. The van der Waals surface area contributed by atoms with Gasteiger partial charge in [0.25, 0.3) is 0 Å². The number of urea groups is 1. The van der Waals surface area contributed by atoms with Gasteiger partial charge < -0.3 is 24.6 Å². The smallest absolute Gasteiger partial charge is 0.321 e. The number of halogens is 1. The lowest BCUT2D eigenvalue weighted by Crippen LogP contribution is -2.44. The summed E-state index contributed by atoms with van der Waals surface area (Å²) in [6.07, 6.45) is 5.90. The summed E-state index contributed by atoms with van der Waals surface area (Å²) < 4.78 is 25.1. The second-order valence-corrected chi connectivity index (χ2v) is 7.92. The van der Waals surface area contributed by atoms with Crippen molar-refractivity contribution in [3.63, 3.8) is 0 Å². The molecule has 7 heteroatoms. The number of benzene rings is 1. The van der Waals surface area contributed by atoms with Crippen LogP contribution in [0.5, 0.6) is 0 Å². The van der Waals surface area contributed by atoms with Crippen LogP contribution in [-0.4, -0.2) is 63.0 Å². The van der Waals surface area contributed by atoms with Gasteiger partial charge in [-0.25, -0.2) is 9.18 Å². The number of nitrogens with zero attached hydrogens (tertiary/aromatic N) is 2. The zero-order chi connectivity index (χ0) is 19.3. The van der Waals surface area contributed by atoms with Crippen molar-refractivity contribution in [2.75, 3.05) is 56.2 Å². The van der Waals surface area contributed by atoms with Gasteiger partial charge in [0.2, 0.25) is 0 Å².